The van der Waals surface area contributed by atoms with E-state index in [1.165, 1.54) is 64.6 Å². The van der Waals surface area contributed by atoms with Gasteiger partial charge >= 0.3 is 0 Å². The highest BCUT2D eigenvalue weighted by atomic mass is 16.5. The first-order valence-electron chi connectivity index (χ1n) is 8.92. The summed E-state index contributed by atoms with van der Waals surface area (Å²) in [6.07, 6.45) is 9.39. The van der Waals surface area contributed by atoms with Crippen molar-refractivity contribution in [2.24, 2.45) is 5.73 Å². The van der Waals surface area contributed by atoms with Crippen molar-refractivity contribution in [3.63, 3.8) is 0 Å². The lowest BCUT2D eigenvalue weighted by Crippen LogP contribution is -2.68. The molecule has 1 aliphatic carbocycles. The lowest BCUT2D eigenvalue weighted by Gasteiger charge is -2.56. The van der Waals surface area contributed by atoms with Gasteiger partial charge in [0, 0.05) is 44.4 Å². The normalized spacial score (nSPS) is 42.7. The van der Waals surface area contributed by atoms with Crippen molar-refractivity contribution < 1.29 is 4.74 Å². The maximum Gasteiger partial charge on any atom is 0.0572 e. The average Bonchev–Trinajstić information content (AvgIpc) is 2.54. The summed E-state index contributed by atoms with van der Waals surface area (Å²) >= 11 is 0. The van der Waals surface area contributed by atoms with Crippen LogP contribution in [0, 0.1) is 0 Å². The van der Waals surface area contributed by atoms with E-state index in [2.05, 4.69) is 16.7 Å². The Labute approximate surface area is 130 Å². The fourth-order valence-electron chi connectivity index (χ4n) is 4.99. The molecule has 3 fully saturated rings. The molecule has 0 radical (unpaired) electrons. The highest BCUT2D eigenvalue weighted by Crippen LogP contribution is 2.38. The highest BCUT2D eigenvalue weighted by molar-refractivity contribution is 5.02. The molecule has 2 N–H and O–H groups in total. The van der Waals surface area contributed by atoms with Crippen molar-refractivity contribution in [2.45, 2.75) is 75.6 Å². The van der Waals surface area contributed by atoms with Gasteiger partial charge < -0.3 is 10.5 Å². The molecular formula is C17H33N3O. The Bertz CT molecular complexity index is 341. The Morgan fingerprint density at radius 3 is 2.57 bits per heavy atom. The van der Waals surface area contributed by atoms with E-state index in [9.17, 15) is 0 Å². The number of methoxy groups -OCH3 is 1. The lowest BCUT2D eigenvalue weighted by atomic mass is 9.77. The van der Waals surface area contributed by atoms with Crippen molar-refractivity contribution in [1.82, 2.24) is 9.80 Å². The molecule has 2 heterocycles. The SMILES string of the molecule is COC1CCC(CN)(N2CC3CCCCN3CC2C)CC1. The van der Waals surface area contributed by atoms with E-state index in [-0.39, 0.29) is 5.54 Å². The van der Waals surface area contributed by atoms with Crippen molar-refractivity contribution in [3.05, 3.63) is 0 Å². The van der Waals surface area contributed by atoms with Crippen LogP contribution >= 0.6 is 0 Å². The molecule has 2 aliphatic heterocycles. The van der Waals surface area contributed by atoms with Crippen LogP contribution in [0.5, 0.6) is 0 Å². The first-order chi connectivity index (χ1) is 10.2. The zero-order valence-electron chi connectivity index (χ0n) is 13.9. The minimum Gasteiger partial charge on any atom is -0.381 e. The van der Waals surface area contributed by atoms with E-state index in [0.29, 0.717) is 12.1 Å². The molecular weight excluding hydrogens is 262 g/mol. The van der Waals surface area contributed by atoms with Crippen LogP contribution in [0.3, 0.4) is 0 Å². The molecule has 3 rings (SSSR count). The van der Waals surface area contributed by atoms with Gasteiger partial charge in [0.1, 0.15) is 0 Å². The van der Waals surface area contributed by atoms with E-state index in [0.717, 1.165) is 12.6 Å². The third kappa shape index (κ3) is 3.00. The minimum absolute atomic E-state index is 0.234. The number of piperidine rings is 1. The topological polar surface area (TPSA) is 41.7 Å². The quantitative estimate of drug-likeness (QED) is 0.862. The van der Waals surface area contributed by atoms with Crippen LogP contribution in [0.2, 0.25) is 0 Å². The van der Waals surface area contributed by atoms with Crippen LogP contribution in [0.25, 0.3) is 0 Å². The molecule has 21 heavy (non-hydrogen) atoms. The second-order valence-electron chi connectivity index (χ2n) is 7.51. The standard InChI is InChI=1S/C17H33N3O/c1-14-11-19-10-4-3-5-15(19)12-20(14)17(13-18)8-6-16(21-2)7-9-17/h14-16H,3-13,18H2,1-2H3. The molecule has 1 saturated carbocycles. The molecule has 2 unspecified atom stereocenters. The number of hydrogen-bond donors (Lipinski definition) is 1. The van der Waals surface area contributed by atoms with Crippen LogP contribution in [0.4, 0.5) is 0 Å². The number of nitrogens with two attached hydrogens (primary N) is 1. The van der Waals surface area contributed by atoms with Gasteiger partial charge in [-0.3, -0.25) is 9.80 Å². The number of rotatable bonds is 3. The van der Waals surface area contributed by atoms with Gasteiger partial charge in [-0.1, -0.05) is 6.42 Å². The van der Waals surface area contributed by atoms with Crippen LogP contribution in [0.15, 0.2) is 0 Å². The van der Waals surface area contributed by atoms with Gasteiger partial charge in [0.2, 0.25) is 0 Å². The van der Waals surface area contributed by atoms with Gasteiger partial charge in [-0.25, -0.2) is 0 Å². The van der Waals surface area contributed by atoms with Crippen LogP contribution in [0.1, 0.15) is 51.9 Å². The minimum atomic E-state index is 0.234. The first-order valence-corrected chi connectivity index (χ1v) is 8.92. The van der Waals surface area contributed by atoms with Gasteiger partial charge in [-0.05, 0) is 52.0 Å². The largest absolute Gasteiger partial charge is 0.381 e. The summed E-state index contributed by atoms with van der Waals surface area (Å²) in [5.74, 6) is 0. The Hall–Kier alpha value is -0.160. The summed E-state index contributed by atoms with van der Waals surface area (Å²) < 4.78 is 5.56. The van der Waals surface area contributed by atoms with Gasteiger partial charge in [0.15, 0.2) is 0 Å². The van der Waals surface area contributed by atoms with Gasteiger partial charge in [0.05, 0.1) is 6.10 Å². The molecule has 3 aliphatic rings. The molecule has 122 valence electrons. The summed E-state index contributed by atoms with van der Waals surface area (Å²) in [5.41, 5.74) is 6.52. The molecule has 2 saturated heterocycles. The van der Waals surface area contributed by atoms with Crippen molar-refractivity contribution >= 4 is 0 Å². The summed E-state index contributed by atoms with van der Waals surface area (Å²) in [6.45, 7) is 6.99. The summed E-state index contributed by atoms with van der Waals surface area (Å²) in [5, 5.41) is 0. The predicted molar refractivity (Wildman–Crippen MR) is 86.4 cm³/mol. The maximum absolute atomic E-state index is 6.29. The van der Waals surface area contributed by atoms with Crippen LogP contribution < -0.4 is 5.73 Å². The maximum atomic E-state index is 6.29. The smallest absolute Gasteiger partial charge is 0.0572 e. The fourth-order valence-corrected chi connectivity index (χ4v) is 4.99. The van der Waals surface area contributed by atoms with E-state index < -0.39 is 0 Å². The number of nitrogens with zero attached hydrogens (tertiary/aromatic N) is 2. The monoisotopic (exact) mass is 295 g/mol. The Balaban J connectivity index is 1.71. The number of fused-ring (bicyclic) bond motifs is 1. The molecule has 0 aromatic heterocycles. The Kier molecular flexibility index (Phi) is 4.89. The number of piperazine rings is 1. The highest BCUT2D eigenvalue weighted by Gasteiger charge is 2.45. The van der Waals surface area contributed by atoms with Crippen molar-refractivity contribution in [1.29, 1.82) is 0 Å². The van der Waals surface area contributed by atoms with Crippen molar-refractivity contribution in [3.8, 4) is 0 Å². The van der Waals surface area contributed by atoms with Crippen LogP contribution in [-0.2, 0) is 4.74 Å². The molecule has 0 bridgehead atoms. The Morgan fingerprint density at radius 1 is 1.14 bits per heavy atom. The lowest BCUT2D eigenvalue weighted by molar-refractivity contribution is -0.0745. The van der Waals surface area contributed by atoms with Crippen LogP contribution in [-0.4, -0.2) is 66.8 Å². The second kappa shape index (κ2) is 6.53. The van der Waals surface area contributed by atoms with Crippen molar-refractivity contribution in [2.75, 3.05) is 33.3 Å². The summed E-state index contributed by atoms with van der Waals surface area (Å²) in [7, 11) is 1.85. The predicted octanol–water partition coefficient (Wildman–Crippen LogP) is 1.83. The third-order valence-corrected chi connectivity index (χ3v) is 6.37. The molecule has 0 aromatic rings. The van der Waals surface area contributed by atoms with Gasteiger partial charge in [0.25, 0.3) is 0 Å². The molecule has 4 nitrogen and oxygen atoms in total. The molecule has 0 spiro atoms. The van der Waals surface area contributed by atoms with E-state index in [1.807, 2.05) is 7.11 Å². The molecule has 0 amide bonds. The Morgan fingerprint density at radius 2 is 1.90 bits per heavy atom. The van der Waals surface area contributed by atoms with Gasteiger partial charge in [-0.2, -0.15) is 0 Å². The fraction of sp³-hybridized carbons (Fsp3) is 1.00. The molecule has 2 atom stereocenters. The second-order valence-corrected chi connectivity index (χ2v) is 7.51. The third-order valence-electron chi connectivity index (χ3n) is 6.37. The number of ether oxygens (including phenoxy) is 1. The van der Waals surface area contributed by atoms with E-state index >= 15 is 0 Å². The molecule has 0 aromatic carbocycles. The van der Waals surface area contributed by atoms with E-state index in [1.54, 1.807) is 0 Å². The summed E-state index contributed by atoms with van der Waals surface area (Å²) in [4.78, 5) is 5.51. The average molecular weight is 295 g/mol. The zero-order chi connectivity index (χ0) is 14.9. The first kappa shape index (κ1) is 15.7. The summed E-state index contributed by atoms with van der Waals surface area (Å²) in [6, 6.07) is 1.42. The van der Waals surface area contributed by atoms with Gasteiger partial charge in [-0.15, -0.1) is 0 Å². The number of hydrogen-bond acceptors (Lipinski definition) is 4. The molecule has 4 heteroatoms. The zero-order valence-corrected chi connectivity index (χ0v) is 13.9. The van der Waals surface area contributed by atoms with E-state index in [4.69, 9.17) is 10.5 Å².